The average molecular weight is 420 g/mol. The van der Waals surface area contributed by atoms with Crippen molar-refractivity contribution in [3.05, 3.63) is 81.9 Å². The van der Waals surface area contributed by atoms with Crippen molar-refractivity contribution < 1.29 is 33.4 Å². The predicted octanol–water partition coefficient (Wildman–Crippen LogP) is 2.78. The number of rotatable bonds is 4. The topological polar surface area (TPSA) is 96.0 Å². The lowest BCUT2D eigenvalue weighted by molar-refractivity contribution is -0.139. The fourth-order valence-electron chi connectivity index (χ4n) is 4.15. The molecule has 1 heterocycles. The van der Waals surface area contributed by atoms with E-state index in [4.69, 9.17) is 14.2 Å². The molecule has 1 aliphatic heterocycles. The molecule has 1 spiro atoms. The van der Waals surface area contributed by atoms with Gasteiger partial charge in [0.15, 0.2) is 0 Å². The number of ketones is 2. The van der Waals surface area contributed by atoms with E-state index in [1.807, 2.05) is 19.1 Å². The van der Waals surface area contributed by atoms with Crippen molar-refractivity contribution in [2.45, 2.75) is 25.0 Å². The minimum atomic E-state index is -2.30. The third-order valence-electron chi connectivity index (χ3n) is 5.72. The molecule has 2 aliphatic rings. The van der Waals surface area contributed by atoms with Gasteiger partial charge in [-0.25, -0.2) is 9.59 Å². The molecular weight excluding hydrogens is 400 g/mol. The second-order valence-electron chi connectivity index (χ2n) is 7.25. The van der Waals surface area contributed by atoms with Crippen molar-refractivity contribution in [1.29, 1.82) is 0 Å². The molecule has 0 saturated heterocycles. The molecule has 0 saturated carbocycles. The quantitative estimate of drug-likeness (QED) is 0.554. The third-order valence-corrected chi connectivity index (χ3v) is 5.72. The number of benzene rings is 2. The van der Waals surface area contributed by atoms with Crippen LogP contribution in [0.4, 0.5) is 0 Å². The van der Waals surface area contributed by atoms with E-state index >= 15 is 0 Å². The minimum Gasteiger partial charge on any atom is -0.466 e. The molecule has 7 nitrogen and oxygen atoms in total. The van der Waals surface area contributed by atoms with E-state index in [-0.39, 0.29) is 16.7 Å². The lowest BCUT2D eigenvalue weighted by atomic mass is 9.86. The molecule has 0 radical (unpaired) electrons. The van der Waals surface area contributed by atoms with Gasteiger partial charge in [0.05, 0.1) is 25.4 Å². The molecule has 0 N–H and O–H groups in total. The Bertz CT molecular complexity index is 1110. The van der Waals surface area contributed by atoms with Gasteiger partial charge in [-0.1, -0.05) is 55.5 Å². The number of hydrogen-bond donors (Lipinski definition) is 0. The number of aryl methyl sites for hydroxylation is 1. The van der Waals surface area contributed by atoms with Crippen LogP contribution in [0.3, 0.4) is 0 Å². The third kappa shape index (κ3) is 2.84. The van der Waals surface area contributed by atoms with Crippen LogP contribution in [-0.2, 0) is 30.2 Å². The van der Waals surface area contributed by atoms with Crippen molar-refractivity contribution in [3.63, 3.8) is 0 Å². The lowest BCUT2D eigenvalue weighted by Crippen LogP contribution is -2.46. The number of fused-ring (bicyclic) bond motifs is 1. The summed E-state index contributed by atoms with van der Waals surface area (Å²) in [6.45, 7) is 2.00. The van der Waals surface area contributed by atoms with Crippen LogP contribution in [0, 0.1) is 0 Å². The van der Waals surface area contributed by atoms with Gasteiger partial charge in [-0.3, -0.25) is 9.59 Å². The number of ether oxygens (including phenoxy) is 3. The summed E-state index contributed by atoms with van der Waals surface area (Å²) >= 11 is 0. The summed E-state index contributed by atoms with van der Waals surface area (Å²) in [5.41, 5.74) is -1.14. The monoisotopic (exact) mass is 420 g/mol. The first-order valence-corrected chi connectivity index (χ1v) is 9.77. The van der Waals surface area contributed by atoms with Crippen LogP contribution in [0.25, 0.3) is 0 Å². The van der Waals surface area contributed by atoms with E-state index in [2.05, 4.69) is 0 Å². The van der Waals surface area contributed by atoms with Gasteiger partial charge in [0.1, 0.15) is 6.10 Å². The van der Waals surface area contributed by atoms with Crippen LogP contribution in [0.15, 0.2) is 59.7 Å². The van der Waals surface area contributed by atoms with Gasteiger partial charge in [-0.2, -0.15) is 0 Å². The van der Waals surface area contributed by atoms with Gasteiger partial charge in [0.2, 0.25) is 17.2 Å². The first-order valence-electron chi connectivity index (χ1n) is 9.77. The van der Waals surface area contributed by atoms with Gasteiger partial charge >= 0.3 is 11.9 Å². The van der Waals surface area contributed by atoms with Crippen LogP contribution in [0.2, 0.25) is 0 Å². The summed E-state index contributed by atoms with van der Waals surface area (Å²) in [7, 11) is 2.26. The SMILES string of the molecule is CCc1ccc(C2OC3(C(=O)c4ccccc4C3=O)C(C(=O)OC)=C2C(=O)OC)cc1. The van der Waals surface area contributed by atoms with Crippen molar-refractivity contribution in [3.8, 4) is 0 Å². The van der Waals surface area contributed by atoms with E-state index in [1.54, 1.807) is 24.3 Å². The highest BCUT2D eigenvalue weighted by Crippen LogP contribution is 2.51. The maximum atomic E-state index is 13.5. The average Bonchev–Trinajstić information content (AvgIpc) is 3.28. The number of hydrogen-bond acceptors (Lipinski definition) is 7. The second kappa shape index (κ2) is 7.59. The van der Waals surface area contributed by atoms with Gasteiger partial charge < -0.3 is 14.2 Å². The Morgan fingerprint density at radius 1 is 0.903 bits per heavy atom. The number of Topliss-reactive ketones (excluding diaryl/α,β-unsaturated/α-hetero) is 2. The molecule has 2 aromatic carbocycles. The Morgan fingerprint density at radius 2 is 1.45 bits per heavy atom. The minimum absolute atomic E-state index is 0.125. The van der Waals surface area contributed by atoms with Crippen LogP contribution >= 0.6 is 0 Å². The molecule has 0 aromatic heterocycles. The highest BCUT2D eigenvalue weighted by Gasteiger charge is 2.66. The molecule has 2 aromatic rings. The van der Waals surface area contributed by atoms with Crippen molar-refractivity contribution >= 4 is 23.5 Å². The Kier molecular flexibility index (Phi) is 5.07. The summed E-state index contributed by atoms with van der Waals surface area (Å²) < 4.78 is 15.8. The lowest BCUT2D eigenvalue weighted by Gasteiger charge is -2.24. The Balaban J connectivity index is 1.98. The second-order valence-corrected chi connectivity index (χ2v) is 7.25. The van der Waals surface area contributed by atoms with E-state index in [1.165, 1.54) is 12.1 Å². The van der Waals surface area contributed by atoms with Crippen molar-refractivity contribution in [1.82, 2.24) is 0 Å². The molecule has 1 unspecified atom stereocenters. The smallest absolute Gasteiger partial charge is 0.338 e. The molecule has 31 heavy (non-hydrogen) atoms. The van der Waals surface area contributed by atoms with Crippen molar-refractivity contribution in [2.75, 3.05) is 14.2 Å². The number of carbonyl (C=O) groups is 4. The largest absolute Gasteiger partial charge is 0.466 e. The van der Waals surface area contributed by atoms with Crippen LogP contribution in [0.1, 0.15) is 44.9 Å². The first kappa shape index (κ1) is 20.7. The molecule has 0 fully saturated rings. The Hall–Kier alpha value is -3.58. The highest BCUT2D eigenvalue weighted by atomic mass is 16.6. The molecule has 1 atom stereocenters. The summed E-state index contributed by atoms with van der Waals surface area (Å²) in [6, 6.07) is 13.4. The summed E-state index contributed by atoms with van der Waals surface area (Å²) in [5, 5.41) is 0. The number of methoxy groups -OCH3 is 2. The summed E-state index contributed by atoms with van der Waals surface area (Å²) in [5.74, 6) is -3.29. The normalized spacial score (nSPS) is 19.0. The van der Waals surface area contributed by atoms with Crippen molar-refractivity contribution in [2.24, 2.45) is 0 Å². The standard InChI is InChI=1S/C24H20O7/c1-4-13-9-11-14(12-10-13)19-17(22(27)29-2)18(23(28)30-3)24(31-19)20(25)15-7-5-6-8-16(15)21(24)26/h5-12,19H,4H2,1-3H3. The van der Waals surface area contributed by atoms with Crippen LogP contribution in [0.5, 0.6) is 0 Å². The van der Waals surface area contributed by atoms with Gasteiger partial charge in [-0.15, -0.1) is 0 Å². The van der Waals surface area contributed by atoms with Gasteiger partial charge in [0, 0.05) is 11.1 Å². The Labute approximate surface area is 178 Å². The van der Waals surface area contributed by atoms with Crippen LogP contribution in [-0.4, -0.2) is 43.3 Å². The molecule has 0 amide bonds. The van der Waals surface area contributed by atoms with E-state index in [0.29, 0.717) is 5.56 Å². The summed E-state index contributed by atoms with van der Waals surface area (Å²) in [4.78, 5) is 52.6. The maximum absolute atomic E-state index is 13.5. The van der Waals surface area contributed by atoms with Gasteiger partial charge in [0.25, 0.3) is 0 Å². The van der Waals surface area contributed by atoms with E-state index in [0.717, 1.165) is 26.2 Å². The highest BCUT2D eigenvalue weighted by molar-refractivity contribution is 6.37. The number of carbonyl (C=O) groups excluding carboxylic acids is 4. The Morgan fingerprint density at radius 3 is 1.94 bits per heavy atom. The fourth-order valence-corrected chi connectivity index (χ4v) is 4.15. The fraction of sp³-hybridized carbons (Fsp3) is 0.250. The van der Waals surface area contributed by atoms with E-state index < -0.39 is 40.8 Å². The zero-order chi connectivity index (χ0) is 22.3. The van der Waals surface area contributed by atoms with Crippen LogP contribution < -0.4 is 0 Å². The van der Waals surface area contributed by atoms with E-state index in [9.17, 15) is 19.2 Å². The zero-order valence-electron chi connectivity index (χ0n) is 17.3. The zero-order valence-corrected chi connectivity index (χ0v) is 17.3. The maximum Gasteiger partial charge on any atom is 0.338 e. The molecule has 158 valence electrons. The molecule has 7 heteroatoms. The predicted molar refractivity (Wildman–Crippen MR) is 109 cm³/mol. The number of esters is 2. The molecule has 1 aliphatic carbocycles. The summed E-state index contributed by atoms with van der Waals surface area (Å²) in [6.07, 6.45) is -0.357. The molecule has 4 rings (SSSR count). The molecular formula is C24H20O7. The van der Waals surface area contributed by atoms with Gasteiger partial charge in [-0.05, 0) is 17.5 Å². The molecule has 0 bridgehead atoms. The first-order chi connectivity index (χ1) is 14.9.